The van der Waals surface area contributed by atoms with Gasteiger partial charge in [0.1, 0.15) is 6.54 Å². The Hall–Kier alpha value is -2.99. The Morgan fingerprint density at radius 3 is 2.35 bits per heavy atom. The second-order valence-electron chi connectivity index (χ2n) is 5.02. The van der Waals surface area contributed by atoms with Gasteiger partial charge in [-0.2, -0.15) is 4.72 Å². The first-order valence-electron chi connectivity index (χ1n) is 7.08. The molecule has 0 aromatic heterocycles. The van der Waals surface area contributed by atoms with E-state index in [0.717, 1.165) is 0 Å². The van der Waals surface area contributed by atoms with Crippen LogP contribution in [0.5, 0.6) is 0 Å². The normalized spacial score (nSPS) is 11.0. The average Bonchev–Trinajstić information content (AvgIpc) is 2.60. The lowest BCUT2D eigenvalue weighted by atomic mass is 10.2. The lowest BCUT2D eigenvalue weighted by molar-refractivity contribution is -0.135. The Balaban J connectivity index is 2.10. The molecular weight excluding hydrogens is 366 g/mol. The van der Waals surface area contributed by atoms with Crippen molar-refractivity contribution < 1.29 is 28.3 Å². The molecule has 0 unspecified atom stereocenters. The number of carbonyl (C=O) groups is 2. The van der Waals surface area contributed by atoms with Gasteiger partial charge in [0.25, 0.3) is 5.91 Å². The first-order valence-corrected chi connectivity index (χ1v) is 8.56. The van der Waals surface area contributed by atoms with Gasteiger partial charge in [-0.15, -0.1) is 0 Å². The Morgan fingerprint density at radius 1 is 1.12 bits per heavy atom. The lowest BCUT2D eigenvalue weighted by Crippen LogP contribution is -2.29. The van der Waals surface area contributed by atoms with E-state index in [2.05, 4.69) is 5.32 Å². The van der Waals surface area contributed by atoms with Crippen LogP contribution >= 0.6 is 0 Å². The second-order valence-corrected chi connectivity index (χ2v) is 6.79. The van der Waals surface area contributed by atoms with Gasteiger partial charge in [-0.25, -0.2) is 8.42 Å². The van der Waals surface area contributed by atoms with Gasteiger partial charge in [0.15, 0.2) is 0 Å². The van der Waals surface area contributed by atoms with Crippen LogP contribution in [0.15, 0.2) is 53.4 Å². The molecule has 1 amide bonds. The number of rotatable bonds is 7. The number of hydrogen-bond acceptors (Lipinski definition) is 7. The van der Waals surface area contributed by atoms with Crippen LogP contribution < -0.4 is 15.3 Å². The maximum atomic E-state index is 12.1. The zero-order chi connectivity index (χ0) is 19.3. The summed E-state index contributed by atoms with van der Waals surface area (Å²) in [5.74, 6) is -1.90. The standard InChI is InChI=1S/C15H14N3O7S/c19-14(20)9-16-26(24,25)13-6-4-11(5-7-13)17-15(21)10-2-1-3-12(8-10)18(22)23/h1-8,16,22H,9H2,(H,17,21)(H,19,20)/q-1. The van der Waals surface area contributed by atoms with Gasteiger partial charge >= 0.3 is 5.97 Å². The average molecular weight is 380 g/mol. The minimum atomic E-state index is -3.98. The van der Waals surface area contributed by atoms with E-state index in [-0.39, 0.29) is 27.1 Å². The highest BCUT2D eigenvalue weighted by Gasteiger charge is 2.15. The Bertz CT molecular complexity index is 911. The number of carbonyl (C=O) groups excluding carboxylic acids is 1. The monoisotopic (exact) mass is 380 g/mol. The molecule has 0 radical (unpaired) electrons. The fourth-order valence-electron chi connectivity index (χ4n) is 1.93. The molecular formula is C15H14N3O7S-. The smallest absolute Gasteiger partial charge is 0.318 e. The molecule has 0 bridgehead atoms. The van der Waals surface area contributed by atoms with Crippen LogP contribution in [0.4, 0.5) is 11.4 Å². The predicted molar refractivity (Wildman–Crippen MR) is 91.3 cm³/mol. The predicted octanol–water partition coefficient (Wildman–Crippen LogP) is 0.995. The van der Waals surface area contributed by atoms with E-state index in [1.54, 1.807) is 0 Å². The number of hydrogen-bond donors (Lipinski definition) is 4. The molecule has 0 heterocycles. The van der Waals surface area contributed by atoms with Gasteiger partial charge in [-0.1, -0.05) is 6.07 Å². The van der Waals surface area contributed by atoms with Crippen LogP contribution in [0.3, 0.4) is 0 Å². The molecule has 0 spiro atoms. The highest BCUT2D eigenvalue weighted by molar-refractivity contribution is 7.89. The van der Waals surface area contributed by atoms with Crippen molar-refractivity contribution >= 4 is 33.3 Å². The van der Waals surface area contributed by atoms with Gasteiger partial charge in [0.05, 0.1) is 10.6 Å². The van der Waals surface area contributed by atoms with Gasteiger partial charge < -0.3 is 20.9 Å². The fraction of sp³-hybridized carbons (Fsp3) is 0.0667. The quantitative estimate of drug-likeness (QED) is 0.518. The van der Waals surface area contributed by atoms with Crippen LogP contribution in [-0.2, 0) is 14.8 Å². The molecule has 2 rings (SSSR count). The first-order chi connectivity index (χ1) is 12.2. The molecule has 0 aliphatic heterocycles. The van der Waals surface area contributed by atoms with E-state index in [1.807, 2.05) is 4.72 Å². The summed E-state index contributed by atoms with van der Waals surface area (Å²) in [6, 6.07) is 10.4. The van der Waals surface area contributed by atoms with E-state index in [9.17, 15) is 23.2 Å². The zero-order valence-electron chi connectivity index (χ0n) is 13.1. The van der Waals surface area contributed by atoms with E-state index in [1.165, 1.54) is 48.5 Å². The molecule has 0 saturated carbocycles. The van der Waals surface area contributed by atoms with Crippen LogP contribution in [-0.4, -0.2) is 37.2 Å². The summed E-state index contributed by atoms with van der Waals surface area (Å²) in [5, 5.41) is 30.3. The summed E-state index contributed by atoms with van der Waals surface area (Å²) >= 11 is 0. The van der Waals surface area contributed by atoms with Crippen molar-refractivity contribution in [1.82, 2.24) is 4.72 Å². The van der Waals surface area contributed by atoms with Crippen molar-refractivity contribution in [3.63, 3.8) is 0 Å². The van der Waals surface area contributed by atoms with Gasteiger partial charge in [-0.05, 0) is 42.5 Å². The molecule has 0 aliphatic rings. The highest BCUT2D eigenvalue weighted by atomic mass is 32.2. The van der Waals surface area contributed by atoms with E-state index >= 15 is 0 Å². The highest BCUT2D eigenvalue weighted by Crippen LogP contribution is 2.17. The summed E-state index contributed by atoms with van der Waals surface area (Å²) in [5.41, 5.74) is 0.265. The van der Waals surface area contributed by atoms with Crippen LogP contribution in [0.25, 0.3) is 0 Å². The Morgan fingerprint density at radius 2 is 1.77 bits per heavy atom. The van der Waals surface area contributed by atoms with Crippen molar-refractivity contribution in [2.75, 3.05) is 17.1 Å². The third-order valence-electron chi connectivity index (χ3n) is 3.17. The zero-order valence-corrected chi connectivity index (χ0v) is 13.9. The van der Waals surface area contributed by atoms with Crippen LogP contribution in [0.2, 0.25) is 0 Å². The molecule has 2 aromatic carbocycles. The number of benzene rings is 2. The number of sulfonamides is 1. The summed E-state index contributed by atoms with van der Waals surface area (Å²) in [6.45, 7) is -0.751. The number of anilines is 2. The maximum absolute atomic E-state index is 12.1. The fourth-order valence-corrected chi connectivity index (χ4v) is 2.90. The molecule has 138 valence electrons. The Kier molecular flexibility index (Phi) is 5.90. The third kappa shape index (κ3) is 5.00. The first kappa shape index (κ1) is 19.3. The van der Waals surface area contributed by atoms with E-state index < -0.39 is 28.4 Å². The van der Waals surface area contributed by atoms with Crippen molar-refractivity contribution in [2.24, 2.45) is 0 Å². The van der Waals surface area contributed by atoms with Crippen molar-refractivity contribution in [2.45, 2.75) is 4.90 Å². The van der Waals surface area contributed by atoms with E-state index in [4.69, 9.17) is 10.3 Å². The van der Waals surface area contributed by atoms with E-state index in [0.29, 0.717) is 0 Å². The molecule has 10 nitrogen and oxygen atoms in total. The summed E-state index contributed by atoms with van der Waals surface area (Å²) < 4.78 is 25.7. The molecule has 26 heavy (non-hydrogen) atoms. The van der Waals surface area contributed by atoms with Crippen LogP contribution in [0.1, 0.15) is 10.4 Å². The minimum Gasteiger partial charge on any atom is -0.733 e. The molecule has 0 fully saturated rings. The molecule has 2 aromatic rings. The number of nitrogens with one attached hydrogen (secondary N) is 2. The van der Waals surface area contributed by atoms with Crippen molar-refractivity contribution in [3.05, 3.63) is 59.3 Å². The van der Waals surface area contributed by atoms with Gasteiger partial charge in [0.2, 0.25) is 10.0 Å². The molecule has 0 saturated heterocycles. The summed E-state index contributed by atoms with van der Waals surface area (Å²) in [6.07, 6.45) is 0. The van der Waals surface area contributed by atoms with Gasteiger partial charge in [-0.3, -0.25) is 14.8 Å². The number of nitrogens with zero attached hydrogens (tertiary/aromatic N) is 1. The molecule has 0 atom stereocenters. The lowest BCUT2D eigenvalue weighted by Gasteiger charge is -2.21. The number of aliphatic carboxylic acids is 1. The topological polar surface area (TPSA) is 159 Å². The third-order valence-corrected chi connectivity index (χ3v) is 4.58. The summed E-state index contributed by atoms with van der Waals surface area (Å²) in [7, 11) is -3.98. The number of carboxylic acid groups (broad SMARTS) is 1. The number of carboxylic acids is 1. The van der Waals surface area contributed by atoms with Crippen molar-refractivity contribution in [1.29, 1.82) is 0 Å². The number of amides is 1. The minimum absolute atomic E-state index is 0.109. The van der Waals surface area contributed by atoms with Crippen molar-refractivity contribution in [3.8, 4) is 0 Å². The second kappa shape index (κ2) is 7.93. The maximum Gasteiger partial charge on any atom is 0.318 e. The SMILES string of the molecule is O=C(O)CNS(=O)(=O)c1ccc(NC(=O)c2cccc(N([O-])O)c2)cc1. The molecule has 0 aliphatic carbocycles. The largest absolute Gasteiger partial charge is 0.733 e. The summed E-state index contributed by atoms with van der Waals surface area (Å²) in [4.78, 5) is 22.4. The van der Waals surface area contributed by atoms with Gasteiger partial charge in [0, 0.05) is 11.3 Å². The molecule has 11 heteroatoms. The molecule has 4 N–H and O–H groups in total. The Labute approximate surface area is 148 Å². The van der Waals surface area contributed by atoms with Crippen LogP contribution in [0, 0.1) is 5.21 Å².